The van der Waals surface area contributed by atoms with Gasteiger partial charge in [0.2, 0.25) is 0 Å². The Morgan fingerprint density at radius 2 is 1.37 bits per heavy atom. The van der Waals surface area contributed by atoms with Gasteiger partial charge < -0.3 is 34.3 Å². The molecule has 1 aliphatic heterocycles. The lowest BCUT2D eigenvalue weighted by Crippen LogP contribution is -2.60. The molecular weight excluding hydrogens is 620 g/mol. The van der Waals surface area contributed by atoms with Crippen LogP contribution in [0.4, 0.5) is 0 Å². The predicted molar refractivity (Wildman–Crippen MR) is 174 cm³/mol. The molecule has 0 spiro atoms. The van der Waals surface area contributed by atoms with E-state index in [2.05, 4.69) is 30.2 Å². The monoisotopic (exact) mass is 682 g/mol. The van der Waals surface area contributed by atoms with Crippen molar-refractivity contribution in [3.63, 3.8) is 0 Å². The first-order chi connectivity index (χ1) is 22.1. The highest BCUT2D eigenvalue weighted by atomic mass is 32.3. The number of aliphatic hydroxyl groups is 3. The summed E-state index contributed by atoms with van der Waals surface area (Å²) in [5.41, 5.74) is 0. The Labute approximate surface area is 277 Å². The molecule has 0 aromatic heterocycles. The number of hydrogen-bond acceptors (Lipinski definition) is 11. The molecule has 4 N–H and O–H groups in total. The Morgan fingerprint density at radius 3 is 2.00 bits per heavy atom. The second kappa shape index (κ2) is 26.8. The molecule has 1 saturated heterocycles. The van der Waals surface area contributed by atoms with E-state index in [1.54, 1.807) is 0 Å². The quantitative estimate of drug-likeness (QED) is 0.0352. The molecule has 0 bridgehead atoms. The summed E-state index contributed by atoms with van der Waals surface area (Å²) < 4.78 is 58.4. The van der Waals surface area contributed by atoms with Gasteiger partial charge in [0.25, 0.3) is 0 Å². The molecule has 1 heterocycles. The van der Waals surface area contributed by atoms with E-state index in [4.69, 9.17) is 23.5 Å². The summed E-state index contributed by atoms with van der Waals surface area (Å²) in [6.45, 7) is 3.85. The summed E-state index contributed by atoms with van der Waals surface area (Å²) in [5.74, 6) is -0.412. The van der Waals surface area contributed by atoms with Crippen molar-refractivity contribution in [2.45, 2.75) is 166 Å². The molecule has 0 radical (unpaired) electrons. The third-order valence-corrected chi connectivity index (χ3v) is 8.35. The molecule has 6 unspecified atom stereocenters. The minimum Gasteiger partial charge on any atom is -0.457 e. The van der Waals surface area contributed by atoms with Gasteiger partial charge in [0.1, 0.15) is 30.5 Å². The molecule has 272 valence electrons. The SMILES string of the molecule is CCCCC/C=C\CCCCCCCCOCC(COC1OC(CO)C(O)C(OS(=O)(=O)O)C1O)OC(=O)CCCCCCCC. The van der Waals surface area contributed by atoms with Crippen molar-refractivity contribution in [3.05, 3.63) is 12.2 Å². The number of ether oxygens (including phenoxy) is 4. The summed E-state index contributed by atoms with van der Waals surface area (Å²) in [5, 5.41) is 30.3. The molecule has 46 heavy (non-hydrogen) atoms. The summed E-state index contributed by atoms with van der Waals surface area (Å²) in [4.78, 5) is 12.6. The van der Waals surface area contributed by atoms with Gasteiger partial charge in [-0.3, -0.25) is 9.35 Å². The Balaban J connectivity index is 2.52. The highest BCUT2D eigenvalue weighted by Crippen LogP contribution is 2.26. The number of carbonyl (C=O) groups is 1. The lowest BCUT2D eigenvalue weighted by Gasteiger charge is -2.41. The minimum absolute atomic E-state index is 0.0344. The summed E-state index contributed by atoms with van der Waals surface area (Å²) in [7, 11) is -5.05. The molecular formula is C33H62O12S. The zero-order chi connectivity index (χ0) is 34.0. The van der Waals surface area contributed by atoms with Crippen molar-refractivity contribution in [2.75, 3.05) is 26.4 Å². The van der Waals surface area contributed by atoms with Crippen LogP contribution in [-0.2, 0) is 38.3 Å². The van der Waals surface area contributed by atoms with E-state index in [0.717, 1.165) is 57.8 Å². The van der Waals surface area contributed by atoms with Gasteiger partial charge in [-0.2, -0.15) is 8.42 Å². The van der Waals surface area contributed by atoms with Gasteiger partial charge in [0.15, 0.2) is 6.29 Å². The standard InChI is InChI=1S/C33H62O12S/c1-3-5-7-9-11-12-13-14-15-16-17-19-21-23-41-25-27(43-29(35)22-20-18-10-8-6-4-2)26-42-33-31(37)32(45-46(38,39)40)30(36)28(24-34)44-33/h11-12,27-28,30-34,36-37H,3-10,13-26H2,1-2H3,(H,38,39,40)/b12-11-. The fourth-order valence-electron chi connectivity index (χ4n) is 5.19. The lowest BCUT2D eigenvalue weighted by molar-refractivity contribution is -0.301. The second-order valence-electron chi connectivity index (χ2n) is 12.1. The van der Waals surface area contributed by atoms with Gasteiger partial charge in [-0.25, -0.2) is 4.18 Å². The molecule has 13 heteroatoms. The number of hydrogen-bond donors (Lipinski definition) is 4. The smallest absolute Gasteiger partial charge is 0.397 e. The Morgan fingerprint density at radius 1 is 0.804 bits per heavy atom. The number of unbranched alkanes of at least 4 members (excludes halogenated alkanes) is 14. The van der Waals surface area contributed by atoms with Gasteiger partial charge in [-0.05, 0) is 38.5 Å². The Bertz CT molecular complexity index is 884. The molecule has 0 aliphatic carbocycles. The van der Waals surface area contributed by atoms with Crippen LogP contribution in [-0.4, -0.2) is 97.5 Å². The van der Waals surface area contributed by atoms with E-state index in [9.17, 15) is 28.5 Å². The van der Waals surface area contributed by atoms with Crippen LogP contribution < -0.4 is 0 Å². The van der Waals surface area contributed by atoms with Crippen LogP contribution in [0.25, 0.3) is 0 Å². The third-order valence-electron chi connectivity index (χ3n) is 7.89. The summed E-state index contributed by atoms with van der Waals surface area (Å²) in [6, 6.07) is 0. The maximum atomic E-state index is 12.6. The summed E-state index contributed by atoms with van der Waals surface area (Å²) in [6.07, 6.45) is 14.4. The second-order valence-corrected chi connectivity index (χ2v) is 13.2. The molecule has 0 saturated carbocycles. The average Bonchev–Trinajstić information content (AvgIpc) is 3.01. The van der Waals surface area contributed by atoms with Gasteiger partial charge in [0, 0.05) is 13.0 Å². The third kappa shape index (κ3) is 20.9. The van der Waals surface area contributed by atoms with E-state index in [1.165, 1.54) is 44.9 Å². The van der Waals surface area contributed by atoms with Crippen LogP contribution in [0.3, 0.4) is 0 Å². The van der Waals surface area contributed by atoms with Crippen molar-refractivity contribution in [1.29, 1.82) is 0 Å². The first kappa shape index (κ1) is 42.9. The maximum Gasteiger partial charge on any atom is 0.397 e. The first-order valence-electron chi connectivity index (χ1n) is 17.4. The highest BCUT2D eigenvalue weighted by Gasteiger charge is 2.48. The number of allylic oxidation sites excluding steroid dienone is 2. The zero-order valence-electron chi connectivity index (χ0n) is 28.1. The lowest BCUT2D eigenvalue weighted by atomic mass is 9.99. The Hall–Kier alpha value is -1.16. The van der Waals surface area contributed by atoms with Gasteiger partial charge >= 0.3 is 16.4 Å². The number of carbonyl (C=O) groups excluding carboxylic acids is 1. The van der Waals surface area contributed by atoms with Crippen molar-refractivity contribution in [3.8, 4) is 0 Å². The van der Waals surface area contributed by atoms with Crippen LogP contribution in [0, 0.1) is 0 Å². The van der Waals surface area contributed by atoms with Crippen molar-refractivity contribution >= 4 is 16.4 Å². The van der Waals surface area contributed by atoms with E-state index < -0.39 is 59.8 Å². The fourth-order valence-corrected chi connectivity index (χ4v) is 5.70. The molecule has 0 aromatic carbocycles. The van der Waals surface area contributed by atoms with Gasteiger partial charge in [-0.1, -0.05) is 96.6 Å². The Kier molecular flexibility index (Phi) is 24.9. The molecule has 12 nitrogen and oxygen atoms in total. The van der Waals surface area contributed by atoms with E-state index in [1.807, 2.05) is 0 Å². The highest BCUT2D eigenvalue weighted by molar-refractivity contribution is 7.80. The van der Waals surface area contributed by atoms with Crippen molar-refractivity contribution in [2.24, 2.45) is 0 Å². The fraction of sp³-hybridized carbons (Fsp3) is 0.909. The number of esters is 1. The van der Waals surface area contributed by atoms with Crippen LogP contribution in [0.1, 0.15) is 129 Å². The van der Waals surface area contributed by atoms with E-state index in [0.29, 0.717) is 13.0 Å². The minimum atomic E-state index is -5.05. The van der Waals surface area contributed by atoms with Crippen LogP contribution in [0.2, 0.25) is 0 Å². The van der Waals surface area contributed by atoms with Gasteiger partial charge in [-0.15, -0.1) is 0 Å². The largest absolute Gasteiger partial charge is 0.457 e. The first-order valence-corrected chi connectivity index (χ1v) is 18.8. The topological polar surface area (TPSA) is 178 Å². The van der Waals surface area contributed by atoms with E-state index in [-0.39, 0.29) is 19.6 Å². The molecule has 1 aliphatic rings. The molecule has 6 atom stereocenters. The molecule has 1 fully saturated rings. The van der Waals surface area contributed by atoms with Crippen LogP contribution in [0.15, 0.2) is 12.2 Å². The van der Waals surface area contributed by atoms with Crippen molar-refractivity contribution < 1.29 is 56.2 Å². The normalized spacial score (nSPS) is 22.8. The zero-order valence-corrected chi connectivity index (χ0v) is 29.0. The van der Waals surface area contributed by atoms with Crippen LogP contribution >= 0.6 is 0 Å². The number of rotatable bonds is 29. The molecule has 1 rings (SSSR count). The predicted octanol–water partition coefficient (Wildman–Crippen LogP) is 5.18. The summed E-state index contributed by atoms with van der Waals surface area (Å²) >= 11 is 0. The maximum absolute atomic E-state index is 12.6. The van der Waals surface area contributed by atoms with E-state index >= 15 is 0 Å². The number of aliphatic hydroxyl groups excluding tert-OH is 3. The van der Waals surface area contributed by atoms with Crippen LogP contribution in [0.5, 0.6) is 0 Å². The average molecular weight is 683 g/mol. The van der Waals surface area contributed by atoms with Crippen molar-refractivity contribution in [1.82, 2.24) is 0 Å². The molecule has 0 amide bonds. The molecule has 0 aromatic rings. The van der Waals surface area contributed by atoms with Gasteiger partial charge in [0.05, 0.1) is 19.8 Å².